The second-order valence-electron chi connectivity index (χ2n) is 5.97. The van der Waals surface area contributed by atoms with Gasteiger partial charge >= 0.3 is 11.9 Å². The fourth-order valence-corrected chi connectivity index (χ4v) is 3.73. The van der Waals surface area contributed by atoms with Gasteiger partial charge in [-0.3, -0.25) is 9.48 Å². The molecule has 1 amide bonds. The van der Waals surface area contributed by atoms with Gasteiger partial charge in [-0.1, -0.05) is 18.5 Å². The number of hydrogen-bond acceptors (Lipinski definition) is 7. The van der Waals surface area contributed by atoms with E-state index < -0.39 is 17.9 Å². The van der Waals surface area contributed by atoms with Crippen LogP contribution in [-0.4, -0.2) is 40.8 Å². The van der Waals surface area contributed by atoms with Crippen LogP contribution in [-0.2, 0) is 20.8 Å². The fraction of sp³-hybridized carbons (Fsp3) is 0.444. The average Bonchev–Trinajstić information content (AvgIpc) is 3.18. The molecule has 0 radical (unpaired) electrons. The highest BCUT2D eigenvalue weighted by Gasteiger charge is 2.28. The van der Waals surface area contributed by atoms with Gasteiger partial charge in [0, 0.05) is 6.20 Å². The number of rotatable bonds is 8. The first-order valence-corrected chi connectivity index (χ1v) is 9.94. The van der Waals surface area contributed by atoms with E-state index in [1.807, 2.05) is 0 Å². The molecule has 8 nitrogen and oxygen atoms in total. The summed E-state index contributed by atoms with van der Waals surface area (Å²) in [6.45, 7) is 7.41. The summed E-state index contributed by atoms with van der Waals surface area (Å²) in [5.74, 6) is -1.93. The molecular weight excluding hydrogens is 406 g/mol. The lowest BCUT2D eigenvalue weighted by Gasteiger charge is -2.12. The molecule has 0 aromatic carbocycles. The molecule has 2 heterocycles. The number of carbonyl (C=O) groups excluding carboxylic acids is 3. The first kappa shape index (κ1) is 21.9. The van der Waals surface area contributed by atoms with Crippen molar-refractivity contribution in [2.75, 3.05) is 18.5 Å². The molecule has 1 atom stereocenters. The van der Waals surface area contributed by atoms with E-state index in [0.717, 1.165) is 11.3 Å². The van der Waals surface area contributed by atoms with Crippen LogP contribution in [0.4, 0.5) is 5.00 Å². The predicted octanol–water partition coefficient (Wildman–Crippen LogP) is 3.53. The van der Waals surface area contributed by atoms with Gasteiger partial charge in [0.15, 0.2) is 0 Å². The number of halogens is 1. The maximum atomic E-state index is 12.6. The van der Waals surface area contributed by atoms with Crippen LogP contribution in [0.25, 0.3) is 0 Å². The van der Waals surface area contributed by atoms with Gasteiger partial charge in [-0.25, -0.2) is 9.59 Å². The Labute approximate surface area is 171 Å². The standard InChI is InChI=1S/C18H22ClN3O5S/c1-5-26-17(24)13-11(4)14(18(25)27-6-2)28-16(13)21-15(23)10(3)8-22-9-12(19)7-20-22/h7,9-10H,5-6,8H2,1-4H3,(H,21,23). The van der Waals surface area contributed by atoms with Crippen LogP contribution >= 0.6 is 22.9 Å². The third-order valence-electron chi connectivity index (χ3n) is 3.83. The lowest BCUT2D eigenvalue weighted by molar-refractivity contribution is -0.119. The normalized spacial score (nSPS) is 11.8. The maximum absolute atomic E-state index is 12.6. The largest absolute Gasteiger partial charge is 0.462 e. The summed E-state index contributed by atoms with van der Waals surface area (Å²) < 4.78 is 11.7. The number of anilines is 1. The fourth-order valence-electron chi connectivity index (χ4n) is 2.48. The molecule has 0 spiro atoms. The van der Waals surface area contributed by atoms with Crippen LogP contribution in [0, 0.1) is 12.8 Å². The molecule has 0 fully saturated rings. The first-order chi connectivity index (χ1) is 13.3. The Hall–Kier alpha value is -2.39. The van der Waals surface area contributed by atoms with Gasteiger partial charge in [0.1, 0.15) is 9.88 Å². The molecule has 0 bridgehead atoms. The van der Waals surface area contributed by atoms with E-state index in [-0.39, 0.29) is 34.6 Å². The molecule has 0 aliphatic heterocycles. The summed E-state index contributed by atoms with van der Waals surface area (Å²) in [4.78, 5) is 37.4. The summed E-state index contributed by atoms with van der Waals surface area (Å²) in [5.41, 5.74) is 0.585. The molecule has 1 N–H and O–H groups in total. The number of carbonyl (C=O) groups is 3. The number of nitrogens with one attached hydrogen (secondary N) is 1. The number of esters is 2. The second-order valence-corrected chi connectivity index (χ2v) is 7.43. The average molecular weight is 428 g/mol. The minimum Gasteiger partial charge on any atom is -0.462 e. The van der Waals surface area contributed by atoms with E-state index in [9.17, 15) is 14.4 Å². The van der Waals surface area contributed by atoms with Gasteiger partial charge in [0.25, 0.3) is 0 Å². The van der Waals surface area contributed by atoms with Crippen molar-refractivity contribution >= 4 is 45.8 Å². The highest BCUT2D eigenvalue weighted by atomic mass is 35.5. The Morgan fingerprint density at radius 2 is 1.89 bits per heavy atom. The van der Waals surface area contributed by atoms with Crippen molar-refractivity contribution in [1.82, 2.24) is 9.78 Å². The van der Waals surface area contributed by atoms with Crippen molar-refractivity contribution in [2.24, 2.45) is 5.92 Å². The SMILES string of the molecule is CCOC(=O)c1sc(NC(=O)C(C)Cn2cc(Cl)cn2)c(C(=O)OCC)c1C. The molecular formula is C18H22ClN3O5S. The molecule has 0 saturated heterocycles. The Bertz CT molecular complexity index is 877. The zero-order valence-corrected chi connectivity index (χ0v) is 17.6. The van der Waals surface area contributed by atoms with Crippen molar-refractivity contribution < 1.29 is 23.9 Å². The number of aromatic nitrogens is 2. The summed E-state index contributed by atoms with van der Waals surface area (Å²) in [6.07, 6.45) is 3.10. The Kier molecular flexibility index (Phi) is 7.59. The third kappa shape index (κ3) is 5.11. The van der Waals surface area contributed by atoms with Crippen LogP contribution in [0.1, 0.15) is 46.4 Å². The summed E-state index contributed by atoms with van der Waals surface area (Å²) in [6, 6.07) is 0. The van der Waals surface area contributed by atoms with Gasteiger partial charge in [-0.2, -0.15) is 5.10 Å². The smallest absolute Gasteiger partial charge is 0.348 e. The van der Waals surface area contributed by atoms with Crippen LogP contribution in [0.2, 0.25) is 5.02 Å². The Morgan fingerprint density at radius 1 is 1.25 bits per heavy atom. The van der Waals surface area contributed by atoms with Crippen LogP contribution in [0.5, 0.6) is 0 Å². The van der Waals surface area contributed by atoms with E-state index >= 15 is 0 Å². The zero-order valence-electron chi connectivity index (χ0n) is 16.1. The van der Waals surface area contributed by atoms with Crippen molar-refractivity contribution in [3.05, 3.63) is 33.4 Å². The van der Waals surface area contributed by atoms with Gasteiger partial charge in [-0.15, -0.1) is 11.3 Å². The number of nitrogens with zero attached hydrogens (tertiary/aromatic N) is 2. The van der Waals surface area contributed by atoms with E-state index in [0.29, 0.717) is 17.1 Å². The van der Waals surface area contributed by atoms with Crippen LogP contribution in [0.15, 0.2) is 12.4 Å². The van der Waals surface area contributed by atoms with E-state index in [2.05, 4.69) is 10.4 Å². The molecule has 2 rings (SSSR count). The van der Waals surface area contributed by atoms with E-state index in [1.54, 1.807) is 38.6 Å². The first-order valence-electron chi connectivity index (χ1n) is 8.74. The summed E-state index contributed by atoms with van der Waals surface area (Å²) in [5, 5.41) is 7.52. The number of ether oxygens (including phenoxy) is 2. The Morgan fingerprint density at radius 3 is 2.46 bits per heavy atom. The topological polar surface area (TPSA) is 99.5 Å². The van der Waals surface area contributed by atoms with Gasteiger partial charge < -0.3 is 14.8 Å². The van der Waals surface area contributed by atoms with Crippen molar-refractivity contribution in [1.29, 1.82) is 0 Å². The lowest BCUT2D eigenvalue weighted by atomic mass is 10.1. The van der Waals surface area contributed by atoms with Crippen molar-refractivity contribution in [3.63, 3.8) is 0 Å². The Balaban J connectivity index is 2.26. The monoisotopic (exact) mass is 427 g/mol. The number of hydrogen-bond donors (Lipinski definition) is 1. The molecule has 2 aromatic heterocycles. The molecule has 152 valence electrons. The molecule has 1 unspecified atom stereocenters. The quantitative estimate of drug-likeness (QED) is 0.647. The molecule has 0 saturated carbocycles. The minimum absolute atomic E-state index is 0.164. The second kappa shape index (κ2) is 9.70. The highest BCUT2D eigenvalue weighted by molar-refractivity contribution is 7.18. The summed E-state index contributed by atoms with van der Waals surface area (Å²) >= 11 is 6.83. The van der Waals surface area contributed by atoms with Crippen LogP contribution < -0.4 is 5.32 Å². The number of thiophene rings is 1. The van der Waals surface area contributed by atoms with Gasteiger partial charge in [-0.05, 0) is 26.3 Å². The molecule has 10 heteroatoms. The predicted molar refractivity (Wildman–Crippen MR) is 106 cm³/mol. The molecule has 2 aromatic rings. The molecule has 0 aliphatic rings. The van der Waals surface area contributed by atoms with Gasteiger partial charge in [0.2, 0.25) is 5.91 Å². The molecule has 0 aliphatic carbocycles. The van der Waals surface area contributed by atoms with E-state index in [1.165, 1.54) is 6.20 Å². The maximum Gasteiger partial charge on any atom is 0.348 e. The number of amides is 1. The van der Waals surface area contributed by atoms with E-state index in [4.69, 9.17) is 21.1 Å². The van der Waals surface area contributed by atoms with Gasteiger partial charge in [0.05, 0.1) is 42.5 Å². The third-order valence-corrected chi connectivity index (χ3v) is 5.22. The summed E-state index contributed by atoms with van der Waals surface area (Å²) in [7, 11) is 0. The zero-order chi connectivity index (χ0) is 20.8. The minimum atomic E-state index is -0.603. The highest BCUT2D eigenvalue weighted by Crippen LogP contribution is 2.34. The van der Waals surface area contributed by atoms with Crippen LogP contribution in [0.3, 0.4) is 0 Å². The lowest BCUT2D eigenvalue weighted by Crippen LogP contribution is -2.25. The molecule has 28 heavy (non-hydrogen) atoms. The van der Waals surface area contributed by atoms with Crippen molar-refractivity contribution in [3.8, 4) is 0 Å². The van der Waals surface area contributed by atoms with Crippen molar-refractivity contribution in [2.45, 2.75) is 34.2 Å².